The van der Waals surface area contributed by atoms with Gasteiger partial charge in [0.15, 0.2) is 21.3 Å². The molecular formula is C22H29NO6S. The van der Waals surface area contributed by atoms with E-state index in [0.717, 1.165) is 11.3 Å². The van der Waals surface area contributed by atoms with E-state index >= 15 is 0 Å². The van der Waals surface area contributed by atoms with Crippen LogP contribution in [-0.4, -0.2) is 41.4 Å². The molecule has 0 aliphatic rings. The van der Waals surface area contributed by atoms with Gasteiger partial charge >= 0.3 is 0 Å². The molecule has 2 aromatic rings. The maximum atomic E-state index is 12.7. The van der Waals surface area contributed by atoms with E-state index in [1.54, 1.807) is 7.11 Å². The number of hydrogen-bond donors (Lipinski definition) is 1. The van der Waals surface area contributed by atoms with E-state index in [9.17, 15) is 13.2 Å². The number of methoxy groups -OCH3 is 3. The molecule has 0 unspecified atom stereocenters. The van der Waals surface area contributed by atoms with E-state index in [4.69, 9.17) is 14.2 Å². The van der Waals surface area contributed by atoms with Gasteiger partial charge in [-0.15, -0.1) is 0 Å². The summed E-state index contributed by atoms with van der Waals surface area (Å²) in [4.78, 5) is 12.6. The highest BCUT2D eigenvalue weighted by Gasteiger charge is 2.22. The average molecular weight is 436 g/mol. The van der Waals surface area contributed by atoms with Crippen LogP contribution in [0.2, 0.25) is 0 Å². The predicted octanol–water partition coefficient (Wildman–Crippen LogP) is 3.39. The summed E-state index contributed by atoms with van der Waals surface area (Å²) >= 11 is 0. The number of rotatable bonds is 10. The molecular weight excluding hydrogens is 406 g/mol. The van der Waals surface area contributed by atoms with Gasteiger partial charge in [0.1, 0.15) is 5.75 Å². The van der Waals surface area contributed by atoms with Crippen molar-refractivity contribution in [2.75, 3.05) is 27.1 Å². The van der Waals surface area contributed by atoms with Crippen LogP contribution in [0.15, 0.2) is 47.4 Å². The third-order valence-electron chi connectivity index (χ3n) is 4.77. The summed E-state index contributed by atoms with van der Waals surface area (Å²) in [5, 5.41) is 2.95. The first-order valence-electron chi connectivity index (χ1n) is 9.60. The largest absolute Gasteiger partial charge is 0.497 e. The normalized spacial score (nSPS) is 12.3. The number of ether oxygens (including phenoxy) is 3. The van der Waals surface area contributed by atoms with E-state index < -0.39 is 9.84 Å². The minimum Gasteiger partial charge on any atom is -0.497 e. The Kier molecular flexibility index (Phi) is 8.11. The fraction of sp³-hybridized carbons (Fsp3) is 0.409. The van der Waals surface area contributed by atoms with Gasteiger partial charge in [0, 0.05) is 12.5 Å². The summed E-state index contributed by atoms with van der Waals surface area (Å²) in [6, 6.07) is 11.6. The zero-order chi connectivity index (χ0) is 22.3. The van der Waals surface area contributed by atoms with Crippen molar-refractivity contribution in [3.05, 3.63) is 48.0 Å². The number of nitrogens with one attached hydrogen (secondary N) is 1. The van der Waals surface area contributed by atoms with E-state index in [2.05, 4.69) is 5.32 Å². The van der Waals surface area contributed by atoms with Crippen LogP contribution in [0, 0.1) is 5.92 Å². The van der Waals surface area contributed by atoms with Crippen LogP contribution >= 0.6 is 0 Å². The van der Waals surface area contributed by atoms with Gasteiger partial charge < -0.3 is 19.5 Å². The van der Waals surface area contributed by atoms with Crippen molar-refractivity contribution >= 4 is 15.7 Å². The lowest BCUT2D eigenvalue weighted by Crippen LogP contribution is -2.32. The Morgan fingerprint density at radius 3 is 2.10 bits per heavy atom. The van der Waals surface area contributed by atoms with E-state index in [1.165, 1.54) is 32.4 Å². The first-order chi connectivity index (χ1) is 14.2. The molecule has 1 N–H and O–H groups in total. The first kappa shape index (κ1) is 23.5. The van der Waals surface area contributed by atoms with Crippen molar-refractivity contribution in [2.24, 2.45) is 5.92 Å². The monoisotopic (exact) mass is 435 g/mol. The Morgan fingerprint density at radius 1 is 0.933 bits per heavy atom. The Labute approximate surface area is 178 Å². The summed E-state index contributed by atoms with van der Waals surface area (Å²) in [6.45, 7) is 3.99. The molecule has 0 spiro atoms. The van der Waals surface area contributed by atoms with Gasteiger partial charge in [0.05, 0.1) is 38.0 Å². The molecule has 0 fully saturated rings. The van der Waals surface area contributed by atoms with Gasteiger partial charge in [-0.2, -0.15) is 0 Å². The van der Waals surface area contributed by atoms with Crippen LogP contribution in [0.3, 0.4) is 0 Å². The highest BCUT2D eigenvalue weighted by Crippen LogP contribution is 2.30. The van der Waals surface area contributed by atoms with E-state index in [1.807, 2.05) is 38.1 Å². The maximum Gasteiger partial charge on any atom is 0.221 e. The molecule has 2 rings (SSSR count). The molecule has 2 aromatic carbocycles. The van der Waals surface area contributed by atoms with Crippen molar-refractivity contribution in [1.82, 2.24) is 5.32 Å². The van der Waals surface area contributed by atoms with Crippen LogP contribution in [-0.2, 0) is 14.6 Å². The van der Waals surface area contributed by atoms with Crippen LogP contribution in [0.5, 0.6) is 17.2 Å². The van der Waals surface area contributed by atoms with Crippen molar-refractivity contribution in [1.29, 1.82) is 0 Å². The van der Waals surface area contributed by atoms with Crippen molar-refractivity contribution in [3.8, 4) is 17.2 Å². The van der Waals surface area contributed by atoms with E-state index in [0.29, 0.717) is 11.5 Å². The van der Waals surface area contributed by atoms with Crippen molar-refractivity contribution in [3.63, 3.8) is 0 Å². The Balaban J connectivity index is 2.07. The Bertz CT molecular complexity index is 954. The smallest absolute Gasteiger partial charge is 0.221 e. The molecule has 1 atom stereocenters. The second kappa shape index (κ2) is 10.3. The lowest BCUT2D eigenvalue weighted by molar-refractivity contribution is -0.121. The summed E-state index contributed by atoms with van der Waals surface area (Å²) in [7, 11) is 0.851. The zero-order valence-corrected chi connectivity index (χ0v) is 18.8. The Morgan fingerprint density at radius 2 is 1.57 bits per heavy atom. The molecule has 0 heterocycles. The van der Waals surface area contributed by atoms with Gasteiger partial charge in [0.25, 0.3) is 0 Å². The number of hydrogen-bond acceptors (Lipinski definition) is 6. The summed E-state index contributed by atoms with van der Waals surface area (Å²) in [6.07, 6.45) is -0.143. The second-order valence-corrected chi connectivity index (χ2v) is 9.26. The highest BCUT2D eigenvalue weighted by molar-refractivity contribution is 7.91. The molecule has 0 aliphatic carbocycles. The van der Waals surface area contributed by atoms with Crippen LogP contribution in [0.4, 0.5) is 0 Å². The highest BCUT2D eigenvalue weighted by atomic mass is 32.2. The third kappa shape index (κ3) is 5.89. The molecule has 0 aromatic heterocycles. The van der Waals surface area contributed by atoms with Crippen LogP contribution in [0.25, 0.3) is 0 Å². The van der Waals surface area contributed by atoms with Gasteiger partial charge in [-0.3, -0.25) is 4.79 Å². The molecule has 0 bridgehead atoms. The minimum atomic E-state index is -3.66. The summed E-state index contributed by atoms with van der Waals surface area (Å²) < 4.78 is 40.8. The number of amides is 1. The van der Waals surface area contributed by atoms with Crippen LogP contribution in [0.1, 0.15) is 31.9 Å². The average Bonchev–Trinajstić information content (AvgIpc) is 2.75. The fourth-order valence-electron chi connectivity index (χ4n) is 3.05. The van der Waals surface area contributed by atoms with Gasteiger partial charge in [-0.25, -0.2) is 8.42 Å². The van der Waals surface area contributed by atoms with Gasteiger partial charge in [0.2, 0.25) is 5.91 Å². The summed E-state index contributed by atoms with van der Waals surface area (Å²) in [5.41, 5.74) is 0.932. The third-order valence-corrected chi connectivity index (χ3v) is 6.48. The van der Waals surface area contributed by atoms with Crippen molar-refractivity contribution < 1.29 is 27.4 Å². The topological polar surface area (TPSA) is 90.9 Å². The number of sulfone groups is 1. The molecule has 0 saturated carbocycles. The minimum absolute atomic E-state index is 0.0866. The fourth-order valence-corrected chi connectivity index (χ4v) is 4.30. The lowest BCUT2D eigenvalue weighted by Gasteiger charge is -2.23. The van der Waals surface area contributed by atoms with Crippen molar-refractivity contribution in [2.45, 2.75) is 31.2 Å². The maximum absolute atomic E-state index is 12.7. The summed E-state index contributed by atoms with van der Waals surface area (Å²) in [5.74, 6) is 0.990. The lowest BCUT2D eigenvalue weighted by atomic mass is 9.96. The molecule has 1 amide bonds. The number of carbonyl (C=O) groups is 1. The number of benzene rings is 2. The predicted molar refractivity (Wildman–Crippen MR) is 115 cm³/mol. The zero-order valence-electron chi connectivity index (χ0n) is 18.0. The molecule has 8 heteroatoms. The quantitative estimate of drug-likeness (QED) is 0.615. The second-order valence-electron chi connectivity index (χ2n) is 7.15. The van der Waals surface area contributed by atoms with Gasteiger partial charge in [-0.1, -0.05) is 26.0 Å². The van der Waals surface area contributed by atoms with Gasteiger partial charge in [-0.05, 0) is 35.7 Å². The number of carbonyl (C=O) groups excluding carboxylic acids is 1. The molecule has 0 radical (unpaired) electrons. The Hall–Kier alpha value is -2.74. The molecule has 164 valence electrons. The molecule has 7 nitrogen and oxygen atoms in total. The SMILES string of the molecule is COc1ccc([C@@H](NC(=O)CCS(=O)(=O)c2ccc(OC)c(OC)c2)C(C)C)cc1. The molecule has 0 aliphatic heterocycles. The van der Waals surface area contributed by atoms with Crippen LogP contribution < -0.4 is 19.5 Å². The standard InChI is InChI=1S/C22H29NO6S/c1-15(2)22(16-6-8-17(27-3)9-7-16)23-21(24)12-13-30(25,26)18-10-11-19(28-4)20(14-18)29-5/h6-11,14-15,22H,12-13H2,1-5H3,(H,23,24)/t22-/m0/s1. The first-order valence-corrected chi connectivity index (χ1v) is 11.2. The molecule has 0 saturated heterocycles. The van der Waals surface area contributed by atoms with E-state index in [-0.39, 0.29) is 34.9 Å². The molecule has 30 heavy (non-hydrogen) atoms.